The second-order valence-corrected chi connectivity index (χ2v) is 5.24. The van der Waals surface area contributed by atoms with E-state index in [0.717, 1.165) is 16.8 Å². The van der Waals surface area contributed by atoms with Crippen LogP contribution in [-0.4, -0.2) is 19.2 Å². The molecule has 0 saturated heterocycles. The Morgan fingerprint density at radius 1 is 1.19 bits per heavy atom. The van der Waals surface area contributed by atoms with E-state index in [-0.39, 0.29) is 17.6 Å². The van der Waals surface area contributed by atoms with Gasteiger partial charge in [0, 0.05) is 37.0 Å². The molecule has 1 atom stereocenters. The van der Waals surface area contributed by atoms with Crippen molar-refractivity contribution >= 4 is 5.69 Å². The standard InChI is InChI=1S/C17H21FN2O/c1-12(19-2)16-9-8-15(10-17(16)21)20(3)11-13-4-6-14(18)7-5-13/h4-10,12,19,21H,11H2,1-3H3. The van der Waals surface area contributed by atoms with Gasteiger partial charge in [0.1, 0.15) is 11.6 Å². The molecule has 0 aliphatic heterocycles. The summed E-state index contributed by atoms with van der Waals surface area (Å²) in [5.41, 5.74) is 2.81. The highest BCUT2D eigenvalue weighted by molar-refractivity contribution is 5.53. The van der Waals surface area contributed by atoms with Crippen LogP contribution in [0.4, 0.5) is 10.1 Å². The van der Waals surface area contributed by atoms with Crippen LogP contribution < -0.4 is 10.2 Å². The molecule has 0 saturated carbocycles. The highest BCUT2D eigenvalue weighted by Gasteiger charge is 2.11. The summed E-state index contributed by atoms with van der Waals surface area (Å²) in [7, 11) is 3.80. The second kappa shape index (κ2) is 6.59. The molecule has 21 heavy (non-hydrogen) atoms. The van der Waals surface area contributed by atoms with E-state index in [1.807, 2.05) is 38.1 Å². The van der Waals surface area contributed by atoms with E-state index >= 15 is 0 Å². The summed E-state index contributed by atoms with van der Waals surface area (Å²) in [6.07, 6.45) is 0. The molecule has 0 radical (unpaired) electrons. The van der Waals surface area contributed by atoms with Crippen molar-refractivity contribution in [2.75, 3.05) is 19.0 Å². The van der Waals surface area contributed by atoms with Crippen LogP contribution in [0.25, 0.3) is 0 Å². The highest BCUT2D eigenvalue weighted by Crippen LogP contribution is 2.29. The first-order valence-corrected chi connectivity index (χ1v) is 6.97. The van der Waals surface area contributed by atoms with E-state index in [9.17, 15) is 9.50 Å². The third kappa shape index (κ3) is 3.73. The van der Waals surface area contributed by atoms with Crippen molar-refractivity contribution in [1.29, 1.82) is 0 Å². The highest BCUT2D eigenvalue weighted by atomic mass is 19.1. The maximum atomic E-state index is 12.9. The molecule has 2 aromatic rings. The van der Waals surface area contributed by atoms with Crippen molar-refractivity contribution in [1.82, 2.24) is 5.32 Å². The number of phenolic OH excluding ortho intramolecular Hbond substituents is 1. The van der Waals surface area contributed by atoms with Gasteiger partial charge < -0.3 is 15.3 Å². The number of hydrogen-bond acceptors (Lipinski definition) is 3. The molecule has 0 aliphatic carbocycles. The molecule has 0 amide bonds. The minimum Gasteiger partial charge on any atom is -0.508 e. The van der Waals surface area contributed by atoms with Crippen molar-refractivity contribution < 1.29 is 9.50 Å². The summed E-state index contributed by atoms with van der Waals surface area (Å²) < 4.78 is 12.9. The summed E-state index contributed by atoms with van der Waals surface area (Å²) in [5.74, 6) is 0.0461. The minimum atomic E-state index is -0.232. The van der Waals surface area contributed by atoms with Crippen molar-refractivity contribution in [3.05, 3.63) is 59.4 Å². The molecule has 2 rings (SSSR count). The van der Waals surface area contributed by atoms with Gasteiger partial charge in [-0.05, 0) is 37.7 Å². The van der Waals surface area contributed by atoms with Crippen LogP contribution in [0.15, 0.2) is 42.5 Å². The molecule has 0 aliphatic rings. The van der Waals surface area contributed by atoms with Crippen molar-refractivity contribution in [3.8, 4) is 5.75 Å². The van der Waals surface area contributed by atoms with Crippen molar-refractivity contribution in [2.45, 2.75) is 19.5 Å². The average Bonchev–Trinajstić information content (AvgIpc) is 2.48. The van der Waals surface area contributed by atoms with Crippen LogP contribution in [-0.2, 0) is 6.54 Å². The first-order valence-electron chi connectivity index (χ1n) is 6.97. The van der Waals surface area contributed by atoms with E-state index in [1.54, 1.807) is 18.2 Å². The molecule has 1 unspecified atom stereocenters. The van der Waals surface area contributed by atoms with Crippen LogP contribution in [0, 0.1) is 5.82 Å². The van der Waals surface area contributed by atoms with E-state index in [1.165, 1.54) is 12.1 Å². The Balaban J connectivity index is 2.14. The molecule has 0 spiro atoms. The van der Waals surface area contributed by atoms with Gasteiger partial charge in [0.25, 0.3) is 0 Å². The summed E-state index contributed by atoms with van der Waals surface area (Å²) in [6, 6.07) is 12.2. The number of nitrogens with one attached hydrogen (secondary N) is 1. The maximum absolute atomic E-state index is 12.9. The Hall–Kier alpha value is -2.07. The van der Waals surface area contributed by atoms with Gasteiger partial charge in [0.2, 0.25) is 0 Å². The maximum Gasteiger partial charge on any atom is 0.123 e. The zero-order chi connectivity index (χ0) is 15.4. The predicted octanol–water partition coefficient (Wildman–Crippen LogP) is 3.45. The lowest BCUT2D eigenvalue weighted by Gasteiger charge is -2.21. The molecule has 3 nitrogen and oxygen atoms in total. The number of halogens is 1. The summed E-state index contributed by atoms with van der Waals surface area (Å²) in [5, 5.41) is 13.2. The van der Waals surface area contributed by atoms with E-state index in [0.29, 0.717) is 6.54 Å². The van der Waals surface area contributed by atoms with Gasteiger partial charge in [0.15, 0.2) is 0 Å². The number of rotatable bonds is 5. The van der Waals surface area contributed by atoms with Gasteiger partial charge in [0.05, 0.1) is 0 Å². The van der Waals surface area contributed by atoms with Gasteiger partial charge in [-0.2, -0.15) is 0 Å². The van der Waals surface area contributed by atoms with Crippen molar-refractivity contribution in [2.24, 2.45) is 0 Å². The Labute approximate surface area is 125 Å². The first-order chi connectivity index (χ1) is 10.0. The van der Waals surface area contributed by atoms with Gasteiger partial charge in [-0.15, -0.1) is 0 Å². The van der Waals surface area contributed by atoms with Crippen molar-refractivity contribution in [3.63, 3.8) is 0 Å². The van der Waals surface area contributed by atoms with E-state index in [2.05, 4.69) is 5.32 Å². The smallest absolute Gasteiger partial charge is 0.123 e. The number of phenols is 1. The number of nitrogens with zero attached hydrogens (tertiary/aromatic N) is 1. The van der Waals surface area contributed by atoms with Crippen LogP contribution >= 0.6 is 0 Å². The van der Waals surface area contributed by atoms with Crippen LogP contribution in [0.2, 0.25) is 0 Å². The van der Waals surface area contributed by atoms with Crippen LogP contribution in [0.1, 0.15) is 24.1 Å². The minimum absolute atomic E-state index is 0.0986. The monoisotopic (exact) mass is 288 g/mol. The van der Waals surface area contributed by atoms with Gasteiger partial charge in [-0.25, -0.2) is 4.39 Å². The molecular formula is C17H21FN2O. The quantitative estimate of drug-likeness (QED) is 0.884. The van der Waals surface area contributed by atoms with Gasteiger partial charge in [-0.3, -0.25) is 0 Å². The number of hydrogen-bond donors (Lipinski definition) is 2. The molecular weight excluding hydrogens is 267 g/mol. The zero-order valence-corrected chi connectivity index (χ0v) is 12.6. The SMILES string of the molecule is CNC(C)c1ccc(N(C)Cc2ccc(F)cc2)cc1O. The Morgan fingerprint density at radius 2 is 1.86 bits per heavy atom. The summed E-state index contributed by atoms with van der Waals surface area (Å²) in [4.78, 5) is 2.01. The van der Waals surface area contributed by atoms with Crippen LogP contribution in [0.3, 0.4) is 0 Å². The fourth-order valence-corrected chi connectivity index (χ4v) is 2.25. The predicted molar refractivity (Wildman–Crippen MR) is 84.1 cm³/mol. The lowest BCUT2D eigenvalue weighted by atomic mass is 10.1. The zero-order valence-electron chi connectivity index (χ0n) is 12.6. The third-order valence-corrected chi connectivity index (χ3v) is 3.69. The second-order valence-electron chi connectivity index (χ2n) is 5.24. The number of aromatic hydroxyl groups is 1. The molecule has 0 heterocycles. The van der Waals surface area contributed by atoms with E-state index in [4.69, 9.17) is 0 Å². The fourth-order valence-electron chi connectivity index (χ4n) is 2.25. The van der Waals surface area contributed by atoms with E-state index < -0.39 is 0 Å². The Kier molecular flexibility index (Phi) is 4.81. The molecule has 0 fully saturated rings. The molecule has 0 aromatic heterocycles. The lowest BCUT2D eigenvalue weighted by molar-refractivity contribution is 0.458. The fraction of sp³-hybridized carbons (Fsp3) is 0.294. The normalized spacial score (nSPS) is 12.2. The topological polar surface area (TPSA) is 35.5 Å². The third-order valence-electron chi connectivity index (χ3n) is 3.69. The largest absolute Gasteiger partial charge is 0.508 e. The van der Waals surface area contributed by atoms with Crippen LogP contribution in [0.5, 0.6) is 5.75 Å². The van der Waals surface area contributed by atoms with Gasteiger partial charge in [-0.1, -0.05) is 18.2 Å². The Morgan fingerprint density at radius 3 is 2.43 bits per heavy atom. The first kappa shape index (κ1) is 15.3. The molecule has 2 N–H and O–H groups in total. The molecule has 112 valence electrons. The summed E-state index contributed by atoms with van der Waals surface area (Å²) in [6.45, 7) is 2.65. The summed E-state index contributed by atoms with van der Waals surface area (Å²) >= 11 is 0. The molecule has 2 aromatic carbocycles. The van der Waals surface area contributed by atoms with Gasteiger partial charge >= 0.3 is 0 Å². The Bertz CT molecular complexity index is 598. The molecule has 4 heteroatoms. The average molecular weight is 288 g/mol. The number of benzene rings is 2. The molecule has 0 bridgehead atoms. The number of anilines is 1. The lowest BCUT2D eigenvalue weighted by Crippen LogP contribution is -2.17.